The van der Waals surface area contributed by atoms with Gasteiger partial charge in [0, 0.05) is 18.0 Å². The summed E-state index contributed by atoms with van der Waals surface area (Å²) in [5.41, 5.74) is 12.4. The van der Waals surface area contributed by atoms with Crippen molar-refractivity contribution in [2.75, 3.05) is 0 Å². The minimum absolute atomic E-state index is 1.03. The molecule has 6 aromatic rings. The first-order valence-corrected chi connectivity index (χ1v) is 11.5. The van der Waals surface area contributed by atoms with E-state index in [1.807, 2.05) is 12.4 Å². The summed E-state index contributed by atoms with van der Waals surface area (Å²) in [5.74, 6) is 0. The number of rotatable bonds is 3. The highest BCUT2D eigenvalue weighted by Gasteiger charge is 2.21. The van der Waals surface area contributed by atoms with Crippen molar-refractivity contribution in [1.29, 1.82) is 0 Å². The molecule has 0 N–H and O–H groups in total. The van der Waals surface area contributed by atoms with Crippen molar-refractivity contribution in [1.82, 2.24) is 9.97 Å². The molecule has 0 saturated carbocycles. The van der Waals surface area contributed by atoms with Gasteiger partial charge in [-0.3, -0.25) is 0 Å². The second-order valence-corrected chi connectivity index (χ2v) is 8.72. The zero-order chi connectivity index (χ0) is 22.5. The van der Waals surface area contributed by atoms with Gasteiger partial charge in [-0.05, 0) is 60.8 Å². The monoisotopic (exact) mass is 432 g/mol. The molecule has 2 heteroatoms. The van der Waals surface area contributed by atoms with Crippen LogP contribution in [0.15, 0.2) is 122 Å². The lowest BCUT2D eigenvalue weighted by Gasteiger charge is -2.11. The average molecular weight is 433 g/mol. The summed E-state index contributed by atoms with van der Waals surface area (Å²) >= 11 is 0. The Morgan fingerprint density at radius 3 is 1.50 bits per heavy atom. The Labute approximate surface area is 198 Å². The highest BCUT2D eigenvalue weighted by molar-refractivity contribution is 6.18. The van der Waals surface area contributed by atoms with Gasteiger partial charge < -0.3 is 0 Å². The highest BCUT2D eigenvalue weighted by Crippen LogP contribution is 2.49. The van der Waals surface area contributed by atoms with Crippen molar-refractivity contribution in [2.45, 2.75) is 0 Å². The van der Waals surface area contributed by atoms with E-state index in [1.54, 1.807) is 6.33 Å². The second-order valence-electron chi connectivity index (χ2n) is 8.72. The first kappa shape index (κ1) is 19.0. The number of hydrogen-bond acceptors (Lipinski definition) is 2. The molecule has 1 heterocycles. The van der Waals surface area contributed by atoms with Gasteiger partial charge in [0.25, 0.3) is 0 Å². The molecule has 0 radical (unpaired) electrons. The van der Waals surface area contributed by atoms with E-state index in [0.29, 0.717) is 0 Å². The van der Waals surface area contributed by atoms with Crippen LogP contribution in [-0.2, 0) is 0 Å². The van der Waals surface area contributed by atoms with Crippen LogP contribution < -0.4 is 0 Å². The zero-order valence-corrected chi connectivity index (χ0v) is 18.4. The quantitative estimate of drug-likeness (QED) is 0.281. The van der Waals surface area contributed by atoms with Crippen molar-refractivity contribution in [3.63, 3.8) is 0 Å². The third-order valence-electron chi connectivity index (χ3n) is 6.86. The van der Waals surface area contributed by atoms with E-state index < -0.39 is 0 Å². The number of hydrogen-bond donors (Lipinski definition) is 0. The minimum atomic E-state index is 1.03. The molecule has 0 saturated heterocycles. The molecule has 2 nitrogen and oxygen atoms in total. The van der Waals surface area contributed by atoms with E-state index in [4.69, 9.17) is 0 Å². The van der Waals surface area contributed by atoms with Crippen LogP contribution in [0.5, 0.6) is 0 Å². The lowest BCUT2D eigenvalue weighted by Crippen LogP contribution is -1.85. The summed E-state index contributed by atoms with van der Waals surface area (Å²) in [7, 11) is 0. The summed E-state index contributed by atoms with van der Waals surface area (Å²) in [6, 6.07) is 37.4. The molecule has 1 aromatic heterocycles. The molecule has 5 aromatic carbocycles. The van der Waals surface area contributed by atoms with Gasteiger partial charge in [-0.2, -0.15) is 0 Å². The van der Waals surface area contributed by atoms with Gasteiger partial charge in [0.15, 0.2) is 0 Å². The van der Waals surface area contributed by atoms with E-state index in [0.717, 1.165) is 11.1 Å². The summed E-state index contributed by atoms with van der Waals surface area (Å²) in [6.07, 6.45) is 5.24. The second kappa shape index (κ2) is 7.50. The SMILES string of the molecule is c1ccc2c(c1)-c1cccc3c(-c4ccc(-c5ccc(-c6cncnc6)cc5)cc4)ccc-2c13. The van der Waals surface area contributed by atoms with Crippen molar-refractivity contribution >= 4 is 10.8 Å². The Bertz CT molecular complexity index is 1640. The molecule has 0 fully saturated rings. The molecular formula is C32H20N2. The van der Waals surface area contributed by atoms with Crippen LogP contribution in [-0.4, -0.2) is 9.97 Å². The smallest absolute Gasteiger partial charge is 0.115 e. The van der Waals surface area contributed by atoms with Gasteiger partial charge in [0.05, 0.1) is 0 Å². The van der Waals surface area contributed by atoms with E-state index in [2.05, 4.69) is 113 Å². The Morgan fingerprint density at radius 1 is 0.353 bits per heavy atom. The Hall–Kier alpha value is -4.56. The lowest BCUT2D eigenvalue weighted by molar-refractivity contribution is 1.17. The summed E-state index contributed by atoms with van der Waals surface area (Å²) in [5, 5.41) is 2.68. The molecule has 0 unspecified atom stereocenters. The standard InChI is InChI=1S/C32H20N2/c1-2-5-28-27(4-1)30-7-3-6-29-26(16-17-31(28)32(29)30)24-14-12-22(13-15-24)21-8-10-23(11-9-21)25-18-33-20-34-19-25/h1-20H. The first-order chi connectivity index (χ1) is 16.9. The Balaban J connectivity index is 1.26. The van der Waals surface area contributed by atoms with E-state index in [-0.39, 0.29) is 0 Å². The normalized spacial score (nSPS) is 11.5. The minimum Gasteiger partial charge on any atom is -0.244 e. The Kier molecular flexibility index (Phi) is 4.18. The maximum atomic E-state index is 4.12. The molecule has 34 heavy (non-hydrogen) atoms. The van der Waals surface area contributed by atoms with E-state index in [9.17, 15) is 0 Å². The topological polar surface area (TPSA) is 25.8 Å². The summed E-state index contributed by atoms with van der Waals surface area (Å²) in [6.45, 7) is 0. The average Bonchev–Trinajstić information content (AvgIpc) is 3.25. The number of fused-ring (bicyclic) bond motifs is 3. The van der Waals surface area contributed by atoms with Gasteiger partial charge in [0.1, 0.15) is 6.33 Å². The number of aromatic nitrogens is 2. The van der Waals surface area contributed by atoms with Gasteiger partial charge in [-0.15, -0.1) is 0 Å². The number of nitrogens with zero attached hydrogens (tertiary/aromatic N) is 2. The highest BCUT2D eigenvalue weighted by atomic mass is 14.8. The van der Waals surface area contributed by atoms with Crippen LogP contribution in [0.4, 0.5) is 0 Å². The van der Waals surface area contributed by atoms with Crippen molar-refractivity contribution in [3.05, 3.63) is 122 Å². The molecular weight excluding hydrogens is 412 g/mol. The van der Waals surface area contributed by atoms with E-state index >= 15 is 0 Å². The van der Waals surface area contributed by atoms with Crippen LogP contribution in [0.2, 0.25) is 0 Å². The summed E-state index contributed by atoms with van der Waals surface area (Å²) in [4.78, 5) is 8.23. The third kappa shape index (κ3) is 2.89. The largest absolute Gasteiger partial charge is 0.244 e. The zero-order valence-electron chi connectivity index (χ0n) is 18.4. The summed E-state index contributed by atoms with van der Waals surface area (Å²) < 4.78 is 0. The molecule has 158 valence electrons. The fraction of sp³-hybridized carbons (Fsp3) is 0. The molecule has 0 bridgehead atoms. The molecule has 7 rings (SSSR count). The van der Waals surface area contributed by atoms with Crippen LogP contribution >= 0.6 is 0 Å². The molecule has 1 aliphatic rings. The predicted molar refractivity (Wildman–Crippen MR) is 140 cm³/mol. The fourth-order valence-electron chi connectivity index (χ4n) is 5.21. The van der Waals surface area contributed by atoms with Crippen LogP contribution in [0.3, 0.4) is 0 Å². The van der Waals surface area contributed by atoms with Crippen molar-refractivity contribution in [2.24, 2.45) is 0 Å². The molecule has 1 aliphatic carbocycles. The number of benzene rings is 5. The fourth-order valence-corrected chi connectivity index (χ4v) is 5.21. The Morgan fingerprint density at radius 2 is 0.853 bits per heavy atom. The molecule has 0 spiro atoms. The van der Waals surface area contributed by atoms with Gasteiger partial charge in [-0.1, -0.05) is 103 Å². The first-order valence-electron chi connectivity index (χ1n) is 11.5. The van der Waals surface area contributed by atoms with Gasteiger partial charge in [0.2, 0.25) is 0 Å². The predicted octanol–water partition coefficient (Wildman–Crippen LogP) is 8.28. The lowest BCUT2D eigenvalue weighted by atomic mass is 9.93. The van der Waals surface area contributed by atoms with Crippen LogP contribution in [0.25, 0.3) is 66.4 Å². The molecule has 0 atom stereocenters. The van der Waals surface area contributed by atoms with Crippen molar-refractivity contribution in [3.8, 4) is 55.6 Å². The van der Waals surface area contributed by atoms with E-state index in [1.165, 1.54) is 55.3 Å². The van der Waals surface area contributed by atoms with Crippen molar-refractivity contribution < 1.29 is 0 Å². The molecule has 0 amide bonds. The maximum Gasteiger partial charge on any atom is 0.115 e. The van der Waals surface area contributed by atoms with Gasteiger partial charge >= 0.3 is 0 Å². The van der Waals surface area contributed by atoms with Gasteiger partial charge in [-0.25, -0.2) is 9.97 Å². The molecule has 0 aliphatic heterocycles. The van der Waals surface area contributed by atoms with Crippen LogP contribution in [0, 0.1) is 0 Å². The third-order valence-corrected chi connectivity index (χ3v) is 6.86. The van der Waals surface area contributed by atoms with Crippen LogP contribution in [0.1, 0.15) is 0 Å². The maximum absolute atomic E-state index is 4.12.